The van der Waals surface area contributed by atoms with Crippen LogP contribution < -0.4 is 0 Å². The van der Waals surface area contributed by atoms with E-state index in [9.17, 15) is 9.90 Å². The summed E-state index contributed by atoms with van der Waals surface area (Å²) in [5.74, 6) is -1.03. The Bertz CT molecular complexity index is 416. The Morgan fingerprint density at radius 3 is 2.18 bits per heavy atom. The lowest BCUT2D eigenvalue weighted by molar-refractivity contribution is -0.141. The molecule has 2 N–H and O–H groups in total. The summed E-state index contributed by atoms with van der Waals surface area (Å²) in [6.45, 7) is 5.66. The Morgan fingerprint density at radius 2 is 1.76 bits per heavy atom. The molecule has 3 nitrogen and oxygen atoms in total. The van der Waals surface area contributed by atoms with Crippen LogP contribution >= 0.6 is 0 Å². The first-order chi connectivity index (χ1) is 7.91. The third kappa shape index (κ3) is 3.63. The summed E-state index contributed by atoms with van der Waals surface area (Å²) in [5, 5.41) is 18.3. The fraction of sp³-hybridized carbons (Fsp3) is 0.357. The molecular weight excluding hydrogens is 216 g/mol. The number of aliphatic carboxylic acids is 1. The molecule has 0 spiro atoms. The van der Waals surface area contributed by atoms with Gasteiger partial charge < -0.3 is 10.2 Å². The zero-order chi connectivity index (χ0) is 13.0. The number of aromatic hydroxyl groups is 1. The zero-order valence-corrected chi connectivity index (χ0v) is 10.3. The minimum Gasteiger partial charge on any atom is -0.508 e. The van der Waals surface area contributed by atoms with Crippen molar-refractivity contribution in [3.8, 4) is 5.75 Å². The van der Waals surface area contributed by atoms with Crippen molar-refractivity contribution in [2.24, 2.45) is 11.8 Å². The second kappa shape index (κ2) is 5.53. The van der Waals surface area contributed by atoms with E-state index in [1.54, 1.807) is 30.3 Å². The first-order valence-corrected chi connectivity index (χ1v) is 5.62. The molecule has 1 unspecified atom stereocenters. The molecule has 0 radical (unpaired) electrons. The highest BCUT2D eigenvalue weighted by Crippen LogP contribution is 2.22. The summed E-state index contributed by atoms with van der Waals surface area (Å²) in [6, 6.07) is 6.75. The van der Waals surface area contributed by atoms with E-state index in [0.29, 0.717) is 0 Å². The van der Waals surface area contributed by atoms with Gasteiger partial charge in [0.25, 0.3) is 0 Å². The van der Waals surface area contributed by atoms with E-state index in [0.717, 1.165) is 11.1 Å². The van der Waals surface area contributed by atoms with Gasteiger partial charge in [0, 0.05) is 0 Å². The molecule has 17 heavy (non-hydrogen) atoms. The third-order valence-electron chi connectivity index (χ3n) is 2.76. The Kier molecular flexibility index (Phi) is 4.32. The van der Waals surface area contributed by atoms with Crippen LogP contribution in [0.1, 0.15) is 26.3 Å². The maximum atomic E-state index is 11.1. The van der Waals surface area contributed by atoms with Gasteiger partial charge in [-0.25, -0.2) is 0 Å². The highest BCUT2D eigenvalue weighted by Gasteiger charge is 2.18. The van der Waals surface area contributed by atoms with Gasteiger partial charge in [0.05, 0.1) is 5.92 Å². The quantitative estimate of drug-likeness (QED) is 0.841. The molecule has 0 aliphatic rings. The van der Waals surface area contributed by atoms with Gasteiger partial charge in [0.2, 0.25) is 0 Å². The second-order valence-electron chi connectivity index (χ2n) is 4.50. The number of hydrogen-bond donors (Lipinski definition) is 2. The highest BCUT2D eigenvalue weighted by molar-refractivity contribution is 5.76. The summed E-state index contributed by atoms with van der Waals surface area (Å²) < 4.78 is 0. The van der Waals surface area contributed by atoms with Crippen molar-refractivity contribution < 1.29 is 15.0 Å². The first-order valence-electron chi connectivity index (χ1n) is 5.62. The van der Waals surface area contributed by atoms with E-state index in [4.69, 9.17) is 5.11 Å². The normalized spacial score (nSPS) is 13.8. The monoisotopic (exact) mass is 234 g/mol. The number of phenols is 1. The number of carboxylic acids is 1. The van der Waals surface area contributed by atoms with Gasteiger partial charge in [-0.15, -0.1) is 0 Å². The smallest absolute Gasteiger partial charge is 0.310 e. The van der Waals surface area contributed by atoms with Gasteiger partial charge in [-0.1, -0.05) is 32.1 Å². The van der Waals surface area contributed by atoms with Gasteiger partial charge in [0.15, 0.2) is 0 Å². The minimum absolute atomic E-state index is 0.0552. The van der Waals surface area contributed by atoms with Crippen LogP contribution in [0.5, 0.6) is 5.75 Å². The summed E-state index contributed by atoms with van der Waals surface area (Å²) in [7, 11) is 0. The van der Waals surface area contributed by atoms with Crippen LogP contribution in [0.15, 0.2) is 30.3 Å². The molecule has 0 aromatic heterocycles. The zero-order valence-electron chi connectivity index (χ0n) is 10.3. The fourth-order valence-corrected chi connectivity index (χ4v) is 1.64. The van der Waals surface area contributed by atoms with Crippen LogP contribution in [0.2, 0.25) is 0 Å². The number of phenolic OH excluding ortho intramolecular Hbond substituents is 1. The number of benzene rings is 1. The Morgan fingerprint density at radius 1 is 1.24 bits per heavy atom. The SMILES string of the molecule is C/C(=C\C(C(=O)O)C(C)C)c1ccc(O)cc1. The lowest BCUT2D eigenvalue weighted by Crippen LogP contribution is -2.17. The van der Waals surface area contributed by atoms with Crippen molar-refractivity contribution in [2.45, 2.75) is 20.8 Å². The summed E-state index contributed by atoms with van der Waals surface area (Å²) in [5.41, 5.74) is 1.83. The molecule has 92 valence electrons. The van der Waals surface area contributed by atoms with Crippen LogP contribution in [0.4, 0.5) is 0 Å². The standard InChI is InChI=1S/C14H18O3/c1-9(2)13(14(16)17)8-10(3)11-4-6-12(15)7-5-11/h4-9,13,15H,1-3H3,(H,16,17)/b10-8+. The number of carboxylic acid groups (broad SMARTS) is 1. The molecule has 0 aliphatic carbocycles. The highest BCUT2D eigenvalue weighted by atomic mass is 16.4. The van der Waals surface area contributed by atoms with Crippen LogP contribution in [0.25, 0.3) is 5.57 Å². The molecule has 1 atom stereocenters. The molecule has 0 fully saturated rings. The van der Waals surface area contributed by atoms with Gasteiger partial charge in [-0.3, -0.25) is 4.79 Å². The molecule has 0 bridgehead atoms. The third-order valence-corrected chi connectivity index (χ3v) is 2.76. The maximum absolute atomic E-state index is 11.1. The van der Waals surface area contributed by atoms with E-state index in [1.807, 2.05) is 20.8 Å². The van der Waals surface area contributed by atoms with Gasteiger partial charge in [-0.05, 0) is 36.1 Å². The molecule has 1 aromatic rings. The number of hydrogen-bond acceptors (Lipinski definition) is 2. The molecule has 0 amide bonds. The molecule has 0 saturated carbocycles. The van der Waals surface area contributed by atoms with E-state index in [1.165, 1.54) is 0 Å². The second-order valence-corrected chi connectivity index (χ2v) is 4.50. The van der Waals surface area contributed by atoms with Crippen molar-refractivity contribution in [1.29, 1.82) is 0 Å². The number of carbonyl (C=O) groups is 1. The predicted molar refractivity (Wildman–Crippen MR) is 67.7 cm³/mol. The fourth-order valence-electron chi connectivity index (χ4n) is 1.64. The summed E-state index contributed by atoms with van der Waals surface area (Å²) in [4.78, 5) is 11.1. The lowest BCUT2D eigenvalue weighted by Gasteiger charge is -2.13. The summed E-state index contributed by atoms with van der Waals surface area (Å²) in [6.07, 6.45) is 1.76. The van der Waals surface area contributed by atoms with E-state index < -0.39 is 11.9 Å². The molecule has 1 aromatic carbocycles. The largest absolute Gasteiger partial charge is 0.508 e. The lowest BCUT2D eigenvalue weighted by atomic mass is 9.92. The van der Waals surface area contributed by atoms with Crippen LogP contribution in [0, 0.1) is 11.8 Å². The van der Waals surface area contributed by atoms with E-state index >= 15 is 0 Å². The Hall–Kier alpha value is -1.77. The maximum Gasteiger partial charge on any atom is 0.310 e. The van der Waals surface area contributed by atoms with Crippen molar-refractivity contribution >= 4 is 11.5 Å². The molecule has 3 heteroatoms. The minimum atomic E-state index is -0.807. The average molecular weight is 234 g/mol. The van der Waals surface area contributed by atoms with Gasteiger partial charge >= 0.3 is 5.97 Å². The molecule has 1 rings (SSSR count). The summed E-state index contributed by atoms with van der Waals surface area (Å²) >= 11 is 0. The van der Waals surface area contributed by atoms with Gasteiger partial charge in [-0.2, -0.15) is 0 Å². The van der Waals surface area contributed by atoms with Crippen molar-refractivity contribution in [3.63, 3.8) is 0 Å². The van der Waals surface area contributed by atoms with E-state index in [-0.39, 0.29) is 11.7 Å². The van der Waals surface area contributed by atoms with Crippen molar-refractivity contribution in [3.05, 3.63) is 35.9 Å². The van der Waals surface area contributed by atoms with Crippen LogP contribution in [-0.2, 0) is 4.79 Å². The number of allylic oxidation sites excluding steroid dienone is 1. The molecule has 0 aliphatic heterocycles. The van der Waals surface area contributed by atoms with Crippen molar-refractivity contribution in [2.75, 3.05) is 0 Å². The molecule has 0 heterocycles. The molecular formula is C14H18O3. The van der Waals surface area contributed by atoms with E-state index in [2.05, 4.69) is 0 Å². The van der Waals surface area contributed by atoms with Crippen LogP contribution in [0.3, 0.4) is 0 Å². The average Bonchev–Trinajstić information content (AvgIpc) is 2.25. The first kappa shape index (κ1) is 13.3. The molecule has 0 saturated heterocycles. The Labute approximate surface area is 101 Å². The van der Waals surface area contributed by atoms with Crippen molar-refractivity contribution in [1.82, 2.24) is 0 Å². The van der Waals surface area contributed by atoms with Crippen LogP contribution in [-0.4, -0.2) is 16.2 Å². The van der Waals surface area contributed by atoms with Gasteiger partial charge in [0.1, 0.15) is 5.75 Å². The number of rotatable bonds is 4. The topological polar surface area (TPSA) is 57.5 Å². The predicted octanol–water partition coefficient (Wildman–Crippen LogP) is 3.15. The Balaban J connectivity index is 2.98.